The summed E-state index contributed by atoms with van der Waals surface area (Å²) in [7, 11) is 1.67. The first-order valence-corrected chi connectivity index (χ1v) is 5.77. The number of nitrogens with zero attached hydrogens (tertiary/aromatic N) is 2. The molecule has 0 aliphatic rings. The number of anilines is 2. The summed E-state index contributed by atoms with van der Waals surface area (Å²) in [5.74, 6) is 1.47. The first-order chi connectivity index (χ1) is 7.90. The molecule has 0 fully saturated rings. The Morgan fingerprint density at radius 1 is 1.29 bits per heavy atom. The lowest BCUT2D eigenvalue weighted by atomic mass is 10.1. The lowest BCUT2D eigenvalue weighted by Crippen LogP contribution is -2.27. The molecule has 0 saturated carbocycles. The van der Waals surface area contributed by atoms with Gasteiger partial charge in [-0.3, -0.25) is 0 Å². The Bertz CT molecular complexity index is 360. The molecule has 2 N–H and O–H groups in total. The second kappa shape index (κ2) is 5.82. The molecular weight excluding hydrogens is 216 g/mol. The molecule has 5 nitrogen and oxygen atoms in total. The van der Waals surface area contributed by atoms with Crippen LogP contribution in [0.2, 0.25) is 0 Å². The van der Waals surface area contributed by atoms with Crippen molar-refractivity contribution in [3.8, 4) is 0 Å². The highest BCUT2D eigenvalue weighted by atomic mass is 16.5. The van der Waals surface area contributed by atoms with E-state index in [0.29, 0.717) is 19.1 Å². The predicted molar refractivity (Wildman–Crippen MR) is 70.5 cm³/mol. The summed E-state index contributed by atoms with van der Waals surface area (Å²) in [6, 6.07) is 1.94. The van der Waals surface area contributed by atoms with Gasteiger partial charge < -0.3 is 15.4 Å². The summed E-state index contributed by atoms with van der Waals surface area (Å²) in [6.45, 7) is 9.60. The molecule has 0 radical (unpaired) electrons. The van der Waals surface area contributed by atoms with Crippen molar-refractivity contribution in [3.05, 3.63) is 11.8 Å². The van der Waals surface area contributed by atoms with E-state index in [2.05, 4.69) is 41.4 Å². The highest BCUT2D eigenvalue weighted by Gasteiger charge is 2.11. The van der Waals surface area contributed by atoms with Crippen LogP contribution in [-0.4, -0.2) is 35.8 Å². The van der Waals surface area contributed by atoms with E-state index in [1.807, 2.05) is 13.0 Å². The summed E-state index contributed by atoms with van der Waals surface area (Å²) in [6.07, 6.45) is 0. The fraction of sp³-hybridized carbons (Fsp3) is 0.667. The number of rotatable bonds is 5. The SMILES string of the molecule is COCCNc1nc(C)cc(NC(C)(C)C)n1. The molecule has 0 spiro atoms. The van der Waals surface area contributed by atoms with Gasteiger partial charge in [-0.1, -0.05) is 0 Å². The minimum atomic E-state index is -0.00933. The van der Waals surface area contributed by atoms with Crippen LogP contribution in [0.3, 0.4) is 0 Å². The smallest absolute Gasteiger partial charge is 0.224 e. The summed E-state index contributed by atoms with van der Waals surface area (Å²) in [5, 5.41) is 6.46. The topological polar surface area (TPSA) is 59.1 Å². The van der Waals surface area contributed by atoms with E-state index in [4.69, 9.17) is 4.74 Å². The van der Waals surface area contributed by atoms with Crippen LogP contribution < -0.4 is 10.6 Å². The van der Waals surface area contributed by atoms with Gasteiger partial charge in [0, 0.05) is 31.0 Å². The number of hydrogen-bond donors (Lipinski definition) is 2. The fourth-order valence-electron chi connectivity index (χ4n) is 1.36. The van der Waals surface area contributed by atoms with Gasteiger partial charge >= 0.3 is 0 Å². The lowest BCUT2D eigenvalue weighted by molar-refractivity contribution is 0.210. The van der Waals surface area contributed by atoms with Crippen LogP contribution in [0.5, 0.6) is 0 Å². The Morgan fingerprint density at radius 2 is 2.00 bits per heavy atom. The van der Waals surface area contributed by atoms with Crippen molar-refractivity contribution >= 4 is 11.8 Å². The Kier molecular flexibility index (Phi) is 4.69. The average molecular weight is 238 g/mol. The number of aryl methyl sites for hydroxylation is 1. The molecule has 96 valence electrons. The standard InChI is InChI=1S/C12H22N4O/c1-9-8-10(16-12(2,3)4)15-11(14-9)13-6-7-17-5/h8H,6-7H2,1-5H3,(H2,13,14,15,16). The molecule has 0 aliphatic carbocycles. The highest BCUT2D eigenvalue weighted by molar-refractivity contribution is 5.43. The third-order valence-corrected chi connectivity index (χ3v) is 1.95. The maximum atomic E-state index is 4.97. The van der Waals surface area contributed by atoms with Crippen molar-refractivity contribution in [1.82, 2.24) is 9.97 Å². The quantitative estimate of drug-likeness (QED) is 0.769. The van der Waals surface area contributed by atoms with Crippen LogP contribution in [0.4, 0.5) is 11.8 Å². The van der Waals surface area contributed by atoms with Crippen LogP contribution in [0, 0.1) is 6.92 Å². The summed E-state index contributed by atoms with van der Waals surface area (Å²) in [4.78, 5) is 8.72. The van der Waals surface area contributed by atoms with Crippen molar-refractivity contribution in [2.45, 2.75) is 33.2 Å². The van der Waals surface area contributed by atoms with Crippen molar-refractivity contribution in [3.63, 3.8) is 0 Å². The number of aromatic nitrogens is 2. The van der Waals surface area contributed by atoms with E-state index in [1.54, 1.807) is 7.11 Å². The van der Waals surface area contributed by atoms with E-state index in [-0.39, 0.29) is 5.54 Å². The molecule has 0 aromatic carbocycles. The normalized spacial score (nSPS) is 11.4. The van der Waals surface area contributed by atoms with E-state index in [0.717, 1.165) is 11.5 Å². The molecule has 0 atom stereocenters. The fourth-order valence-corrected chi connectivity index (χ4v) is 1.36. The Hall–Kier alpha value is -1.36. The number of hydrogen-bond acceptors (Lipinski definition) is 5. The second-order valence-electron chi connectivity index (χ2n) is 5.01. The molecule has 0 aliphatic heterocycles. The summed E-state index contributed by atoms with van der Waals surface area (Å²) >= 11 is 0. The third kappa shape index (κ3) is 5.49. The predicted octanol–water partition coefficient (Wildman–Crippen LogP) is 2.05. The first kappa shape index (κ1) is 13.7. The van der Waals surface area contributed by atoms with Gasteiger partial charge in [0.1, 0.15) is 5.82 Å². The number of ether oxygens (including phenoxy) is 1. The van der Waals surface area contributed by atoms with Crippen LogP contribution >= 0.6 is 0 Å². The molecule has 0 unspecified atom stereocenters. The molecule has 5 heteroatoms. The molecule has 17 heavy (non-hydrogen) atoms. The van der Waals surface area contributed by atoms with Gasteiger partial charge in [0.2, 0.25) is 5.95 Å². The number of methoxy groups -OCH3 is 1. The summed E-state index contributed by atoms with van der Waals surface area (Å²) < 4.78 is 4.97. The van der Waals surface area contributed by atoms with Crippen LogP contribution in [0.25, 0.3) is 0 Å². The zero-order valence-corrected chi connectivity index (χ0v) is 11.3. The Morgan fingerprint density at radius 3 is 2.59 bits per heavy atom. The second-order valence-corrected chi connectivity index (χ2v) is 5.01. The summed E-state index contributed by atoms with van der Waals surface area (Å²) in [5.41, 5.74) is 0.927. The minimum absolute atomic E-state index is 0.00933. The number of nitrogens with one attached hydrogen (secondary N) is 2. The van der Waals surface area contributed by atoms with Gasteiger partial charge in [0.25, 0.3) is 0 Å². The average Bonchev–Trinajstić information content (AvgIpc) is 2.14. The molecule has 0 saturated heterocycles. The molecule has 1 heterocycles. The van der Waals surface area contributed by atoms with Crippen molar-refractivity contribution in [1.29, 1.82) is 0 Å². The van der Waals surface area contributed by atoms with Gasteiger partial charge in [0.15, 0.2) is 0 Å². The van der Waals surface area contributed by atoms with E-state index >= 15 is 0 Å². The molecule has 0 amide bonds. The maximum absolute atomic E-state index is 4.97. The molecular formula is C12H22N4O. The molecule has 1 rings (SSSR count). The van der Waals surface area contributed by atoms with Crippen molar-refractivity contribution in [2.24, 2.45) is 0 Å². The van der Waals surface area contributed by atoms with E-state index in [9.17, 15) is 0 Å². The largest absolute Gasteiger partial charge is 0.383 e. The van der Waals surface area contributed by atoms with Crippen LogP contribution in [0.1, 0.15) is 26.5 Å². The van der Waals surface area contributed by atoms with E-state index in [1.165, 1.54) is 0 Å². The van der Waals surface area contributed by atoms with Gasteiger partial charge in [0.05, 0.1) is 6.61 Å². The first-order valence-electron chi connectivity index (χ1n) is 5.77. The third-order valence-electron chi connectivity index (χ3n) is 1.95. The molecule has 1 aromatic rings. The Labute approximate surface area is 103 Å². The molecule has 1 aromatic heterocycles. The van der Waals surface area contributed by atoms with Crippen LogP contribution in [-0.2, 0) is 4.74 Å². The maximum Gasteiger partial charge on any atom is 0.224 e. The van der Waals surface area contributed by atoms with Crippen LogP contribution in [0.15, 0.2) is 6.07 Å². The Balaban J connectivity index is 2.72. The van der Waals surface area contributed by atoms with Gasteiger partial charge in [-0.2, -0.15) is 4.98 Å². The molecule has 0 bridgehead atoms. The van der Waals surface area contributed by atoms with Gasteiger partial charge in [-0.15, -0.1) is 0 Å². The van der Waals surface area contributed by atoms with Crippen molar-refractivity contribution in [2.75, 3.05) is 30.9 Å². The highest BCUT2D eigenvalue weighted by Crippen LogP contribution is 2.14. The zero-order valence-electron chi connectivity index (χ0n) is 11.3. The zero-order chi connectivity index (χ0) is 12.9. The van der Waals surface area contributed by atoms with Gasteiger partial charge in [-0.05, 0) is 27.7 Å². The van der Waals surface area contributed by atoms with Gasteiger partial charge in [-0.25, -0.2) is 4.98 Å². The monoisotopic (exact) mass is 238 g/mol. The lowest BCUT2D eigenvalue weighted by Gasteiger charge is -2.21. The minimum Gasteiger partial charge on any atom is -0.383 e. The van der Waals surface area contributed by atoms with E-state index < -0.39 is 0 Å². The van der Waals surface area contributed by atoms with Crippen molar-refractivity contribution < 1.29 is 4.74 Å².